The van der Waals surface area contributed by atoms with E-state index in [1.807, 2.05) is 6.20 Å². The Hall–Kier alpha value is 0.287. The van der Waals surface area contributed by atoms with Crippen molar-refractivity contribution in [2.24, 2.45) is 0 Å². The predicted octanol–water partition coefficient (Wildman–Crippen LogP) is 4.43. The van der Waals surface area contributed by atoms with Gasteiger partial charge in [-0.15, -0.1) is 11.3 Å². The number of halogens is 1. The summed E-state index contributed by atoms with van der Waals surface area (Å²) < 4.78 is 7.13. The minimum atomic E-state index is -1.63. The summed E-state index contributed by atoms with van der Waals surface area (Å²) in [5.41, 5.74) is 0. The summed E-state index contributed by atoms with van der Waals surface area (Å²) in [5.74, 6) is 0. The Bertz CT molecular complexity index is 332. The lowest BCUT2D eigenvalue weighted by molar-refractivity contribution is 0.276. The van der Waals surface area contributed by atoms with E-state index in [-0.39, 0.29) is 5.04 Å². The van der Waals surface area contributed by atoms with E-state index in [0.29, 0.717) is 6.61 Å². The zero-order chi connectivity index (χ0) is 11.7. The van der Waals surface area contributed by atoms with Crippen molar-refractivity contribution in [1.82, 2.24) is 4.98 Å². The third-order valence-corrected chi connectivity index (χ3v) is 8.82. The van der Waals surface area contributed by atoms with Gasteiger partial charge in [0.25, 0.3) is 0 Å². The fourth-order valence-electron chi connectivity index (χ4n) is 0.813. The minimum Gasteiger partial charge on any atom is -0.410 e. The van der Waals surface area contributed by atoms with Gasteiger partial charge >= 0.3 is 0 Å². The zero-order valence-electron chi connectivity index (χ0n) is 9.93. The van der Waals surface area contributed by atoms with E-state index in [1.165, 1.54) is 0 Å². The number of hydrogen-bond acceptors (Lipinski definition) is 3. The average molecular weight is 308 g/mol. The van der Waals surface area contributed by atoms with Crippen molar-refractivity contribution in [3.05, 3.63) is 15.0 Å². The van der Waals surface area contributed by atoms with Crippen LogP contribution in [0.25, 0.3) is 0 Å². The molecule has 0 amide bonds. The Kier molecular flexibility index (Phi) is 4.14. The highest BCUT2D eigenvalue weighted by molar-refractivity contribution is 9.11. The molecule has 0 spiro atoms. The maximum atomic E-state index is 6.06. The van der Waals surface area contributed by atoms with Crippen molar-refractivity contribution >= 4 is 35.6 Å². The van der Waals surface area contributed by atoms with E-state index in [9.17, 15) is 0 Å². The highest BCUT2D eigenvalue weighted by Gasteiger charge is 2.37. The van der Waals surface area contributed by atoms with Crippen LogP contribution in [0.3, 0.4) is 0 Å². The Morgan fingerprint density at radius 2 is 2.07 bits per heavy atom. The van der Waals surface area contributed by atoms with Crippen LogP contribution in [-0.2, 0) is 11.0 Å². The molecule has 1 rings (SSSR count). The Morgan fingerprint density at radius 3 is 2.47 bits per heavy atom. The molecular weight excluding hydrogens is 290 g/mol. The maximum absolute atomic E-state index is 6.06. The van der Waals surface area contributed by atoms with Crippen LogP contribution >= 0.6 is 27.3 Å². The van der Waals surface area contributed by atoms with E-state index in [0.717, 1.165) is 8.79 Å². The molecule has 0 aliphatic carbocycles. The quantitative estimate of drug-likeness (QED) is 0.771. The van der Waals surface area contributed by atoms with Crippen molar-refractivity contribution < 1.29 is 4.43 Å². The van der Waals surface area contributed by atoms with Gasteiger partial charge in [-0.25, -0.2) is 4.98 Å². The Balaban J connectivity index is 2.57. The first-order valence-corrected chi connectivity index (χ1v) is 9.48. The second kappa shape index (κ2) is 4.65. The first-order chi connectivity index (χ1) is 6.72. The highest BCUT2D eigenvalue weighted by Crippen LogP contribution is 2.37. The number of thiazole rings is 1. The fourth-order valence-corrected chi connectivity index (χ4v) is 3.07. The standard InChI is InChI=1S/C10H18BrNOSSi/c1-10(2,3)15(4,5)13-7-9-12-6-8(11)14-9/h6H,7H2,1-5H3. The van der Waals surface area contributed by atoms with Crippen LogP contribution in [0.4, 0.5) is 0 Å². The number of hydrogen-bond donors (Lipinski definition) is 0. The topological polar surface area (TPSA) is 22.1 Å². The number of rotatable bonds is 3. The van der Waals surface area contributed by atoms with Gasteiger partial charge in [0.05, 0.1) is 16.6 Å². The molecule has 0 aromatic carbocycles. The largest absolute Gasteiger partial charge is 0.410 e. The summed E-state index contributed by atoms with van der Waals surface area (Å²) in [5, 5.41) is 1.31. The van der Waals surface area contributed by atoms with Gasteiger partial charge in [-0.1, -0.05) is 20.8 Å². The summed E-state index contributed by atoms with van der Waals surface area (Å²) in [6.45, 7) is 11.9. The van der Waals surface area contributed by atoms with Gasteiger partial charge in [0.1, 0.15) is 5.01 Å². The van der Waals surface area contributed by atoms with Gasteiger partial charge in [-0.2, -0.15) is 0 Å². The molecule has 86 valence electrons. The molecule has 0 aliphatic heterocycles. The normalized spacial score (nSPS) is 13.2. The highest BCUT2D eigenvalue weighted by atomic mass is 79.9. The van der Waals surface area contributed by atoms with Crippen molar-refractivity contribution in [2.75, 3.05) is 0 Å². The summed E-state index contributed by atoms with van der Waals surface area (Å²) in [6, 6.07) is 0. The average Bonchev–Trinajstić information content (AvgIpc) is 2.46. The summed E-state index contributed by atoms with van der Waals surface area (Å²) >= 11 is 5.05. The summed E-state index contributed by atoms with van der Waals surface area (Å²) in [7, 11) is -1.63. The van der Waals surface area contributed by atoms with Crippen LogP contribution in [0.15, 0.2) is 9.98 Å². The molecule has 0 radical (unpaired) electrons. The van der Waals surface area contributed by atoms with Crippen molar-refractivity contribution in [1.29, 1.82) is 0 Å². The van der Waals surface area contributed by atoms with Crippen LogP contribution in [0.5, 0.6) is 0 Å². The lowest BCUT2D eigenvalue weighted by atomic mass is 10.2. The monoisotopic (exact) mass is 307 g/mol. The maximum Gasteiger partial charge on any atom is 0.192 e. The summed E-state index contributed by atoms with van der Waals surface area (Å²) in [4.78, 5) is 4.27. The molecule has 1 aromatic rings. The van der Waals surface area contributed by atoms with Gasteiger partial charge in [0, 0.05) is 0 Å². The van der Waals surface area contributed by atoms with Gasteiger partial charge in [0.2, 0.25) is 0 Å². The van der Waals surface area contributed by atoms with Crippen LogP contribution in [0, 0.1) is 0 Å². The van der Waals surface area contributed by atoms with Crippen LogP contribution in [0.1, 0.15) is 25.8 Å². The molecule has 0 unspecified atom stereocenters. The van der Waals surface area contributed by atoms with Crippen LogP contribution < -0.4 is 0 Å². The Labute approximate surface area is 105 Å². The third kappa shape index (κ3) is 3.66. The molecule has 0 atom stereocenters. The predicted molar refractivity (Wildman–Crippen MR) is 71.8 cm³/mol. The van der Waals surface area contributed by atoms with Gasteiger partial charge in [0.15, 0.2) is 8.32 Å². The van der Waals surface area contributed by atoms with Gasteiger partial charge in [-0.05, 0) is 34.1 Å². The molecule has 5 heteroatoms. The van der Waals surface area contributed by atoms with Crippen LogP contribution in [0.2, 0.25) is 18.1 Å². The molecule has 1 aromatic heterocycles. The molecule has 0 fully saturated rings. The molecule has 0 aliphatic rings. The van der Waals surface area contributed by atoms with Gasteiger partial charge in [-0.3, -0.25) is 0 Å². The number of nitrogens with zero attached hydrogens (tertiary/aromatic N) is 1. The van der Waals surface area contributed by atoms with E-state index < -0.39 is 8.32 Å². The summed E-state index contributed by atoms with van der Waals surface area (Å²) in [6.07, 6.45) is 1.83. The van der Waals surface area contributed by atoms with Crippen LogP contribution in [-0.4, -0.2) is 13.3 Å². The van der Waals surface area contributed by atoms with E-state index >= 15 is 0 Å². The molecule has 0 N–H and O–H groups in total. The smallest absolute Gasteiger partial charge is 0.192 e. The lowest BCUT2D eigenvalue weighted by Crippen LogP contribution is -2.40. The molecule has 0 saturated heterocycles. The SMILES string of the molecule is CC(C)(C)[Si](C)(C)OCc1ncc(Br)s1. The molecule has 15 heavy (non-hydrogen) atoms. The zero-order valence-corrected chi connectivity index (χ0v) is 13.3. The number of aromatic nitrogens is 1. The van der Waals surface area contributed by atoms with Gasteiger partial charge < -0.3 is 4.43 Å². The Morgan fingerprint density at radius 1 is 1.47 bits per heavy atom. The van der Waals surface area contributed by atoms with E-state index in [1.54, 1.807) is 11.3 Å². The second-order valence-electron chi connectivity index (χ2n) is 5.11. The molecule has 2 nitrogen and oxygen atoms in total. The molecule has 0 bridgehead atoms. The third-order valence-electron chi connectivity index (χ3n) is 2.89. The van der Waals surface area contributed by atoms with E-state index in [2.05, 4.69) is 54.8 Å². The molecule has 1 heterocycles. The first-order valence-electron chi connectivity index (χ1n) is 4.96. The van der Waals surface area contributed by atoms with Crippen molar-refractivity contribution in [3.63, 3.8) is 0 Å². The van der Waals surface area contributed by atoms with E-state index in [4.69, 9.17) is 4.43 Å². The fraction of sp³-hybridized carbons (Fsp3) is 0.700. The minimum absolute atomic E-state index is 0.265. The molecule has 0 saturated carbocycles. The molecular formula is C10H18BrNOSSi. The lowest BCUT2D eigenvalue weighted by Gasteiger charge is -2.35. The second-order valence-corrected chi connectivity index (χ2v) is 12.4. The van der Waals surface area contributed by atoms with Crippen molar-refractivity contribution in [2.45, 2.75) is 45.5 Å². The van der Waals surface area contributed by atoms with Crippen molar-refractivity contribution in [3.8, 4) is 0 Å². The first kappa shape index (κ1) is 13.4.